The smallest absolute Gasteiger partial charge is 0.318 e. The lowest BCUT2D eigenvalue weighted by molar-refractivity contribution is 0.245. The third-order valence-electron chi connectivity index (χ3n) is 7.86. The van der Waals surface area contributed by atoms with Gasteiger partial charge in [0, 0.05) is 29.8 Å². The molecule has 3 unspecified atom stereocenters. The van der Waals surface area contributed by atoms with Gasteiger partial charge in [-0.15, -0.1) is 0 Å². The van der Waals surface area contributed by atoms with Gasteiger partial charge in [0.1, 0.15) is 23.7 Å². The average Bonchev–Trinajstić information content (AvgIpc) is 3.34. The minimum Gasteiger partial charge on any atom is -0.490 e. The van der Waals surface area contributed by atoms with Gasteiger partial charge in [-0.25, -0.2) is 4.39 Å². The molecule has 0 spiro atoms. The predicted molar refractivity (Wildman–Crippen MR) is 125 cm³/mol. The van der Waals surface area contributed by atoms with Crippen molar-refractivity contribution in [3.63, 3.8) is 0 Å². The van der Waals surface area contributed by atoms with Crippen molar-refractivity contribution >= 4 is 27.5 Å². The maximum absolute atomic E-state index is 16.4. The molecule has 0 amide bonds. The first-order valence-corrected chi connectivity index (χ1v) is 11.5. The summed E-state index contributed by atoms with van der Waals surface area (Å²) in [6.45, 7) is 1.33. The van der Waals surface area contributed by atoms with Crippen LogP contribution in [0.4, 0.5) is 10.2 Å². The predicted octanol–water partition coefficient (Wildman–Crippen LogP) is 4.28. The number of hydrogen-bond donors (Lipinski definition) is 1. The van der Waals surface area contributed by atoms with Gasteiger partial charge in [0.2, 0.25) is 0 Å². The molecule has 1 N–H and O–H groups in total. The van der Waals surface area contributed by atoms with Crippen molar-refractivity contribution < 1.29 is 13.9 Å². The van der Waals surface area contributed by atoms with Crippen LogP contribution in [0.25, 0.3) is 43.9 Å². The molecule has 4 aliphatic rings. The third kappa shape index (κ3) is 2.16. The van der Waals surface area contributed by atoms with Gasteiger partial charge in [-0.1, -0.05) is 36.4 Å². The fraction of sp³-hybridized carbons (Fsp3) is 0.308. The summed E-state index contributed by atoms with van der Waals surface area (Å²) in [7, 11) is 1.53. The lowest BCUT2D eigenvalue weighted by atomic mass is 9.98. The Morgan fingerprint density at radius 1 is 1.06 bits per heavy atom. The first-order chi connectivity index (χ1) is 16.2. The van der Waals surface area contributed by atoms with E-state index in [9.17, 15) is 0 Å². The van der Waals surface area contributed by atoms with E-state index in [4.69, 9.17) is 14.5 Å². The number of nitrogens with one attached hydrogen (secondary N) is 1. The number of benzene rings is 3. The van der Waals surface area contributed by atoms with Gasteiger partial charge in [-0.05, 0) is 34.7 Å². The van der Waals surface area contributed by atoms with Gasteiger partial charge >= 0.3 is 6.01 Å². The number of methoxy groups -OCH3 is 1. The molecule has 1 aromatic heterocycles. The first-order valence-electron chi connectivity index (χ1n) is 11.5. The number of rotatable bonds is 1. The van der Waals surface area contributed by atoms with Crippen molar-refractivity contribution in [3.05, 3.63) is 42.2 Å². The molecule has 2 bridgehead atoms. The van der Waals surface area contributed by atoms with E-state index in [1.165, 1.54) is 7.11 Å². The van der Waals surface area contributed by atoms with Crippen molar-refractivity contribution in [2.45, 2.75) is 31.0 Å². The lowest BCUT2D eigenvalue weighted by Gasteiger charge is -2.40. The van der Waals surface area contributed by atoms with E-state index in [-0.39, 0.29) is 23.4 Å². The molecule has 1 aliphatic carbocycles. The van der Waals surface area contributed by atoms with E-state index in [0.29, 0.717) is 35.4 Å². The summed E-state index contributed by atoms with van der Waals surface area (Å²) in [5.74, 6) is 1.07. The van der Waals surface area contributed by atoms with Crippen molar-refractivity contribution in [1.82, 2.24) is 15.3 Å². The van der Waals surface area contributed by atoms with Crippen LogP contribution in [0.15, 0.2) is 36.4 Å². The fourth-order valence-corrected chi connectivity index (χ4v) is 6.48. The van der Waals surface area contributed by atoms with Crippen LogP contribution in [0.5, 0.6) is 11.8 Å². The molecule has 33 heavy (non-hydrogen) atoms. The molecule has 8 rings (SSSR count). The molecule has 0 saturated carbocycles. The quantitative estimate of drug-likeness (QED) is 0.420. The van der Waals surface area contributed by atoms with Crippen LogP contribution in [-0.4, -0.2) is 48.4 Å². The van der Waals surface area contributed by atoms with E-state index in [0.717, 1.165) is 52.7 Å². The number of nitrogens with zero attached hydrogens (tertiary/aromatic N) is 3. The van der Waals surface area contributed by atoms with Crippen LogP contribution < -0.4 is 19.7 Å². The summed E-state index contributed by atoms with van der Waals surface area (Å²) in [6, 6.07) is 13.2. The van der Waals surface area contributed by atoms with Crippen LogP contribution in [-0.2, 0) is 0 Å². The molecule has 164 valence electrons. The zero-order valence-electron chi connectivity index (χ0n) is 18.1. The second-order valence-electron chi connectivity index (χ2n) is 9.44. The van der Waals surface area contributed by atoms with Gasteiger partial charge in [0.15, 0.2) is 5.82 Å². The molecule has 7 heteroatoms. The average molecular weight is 440 g/mol. The van der Waals surface area contributed by atoms with Crippen molar-refractivity contribution in [2.24, 2.45) is 0 Å². The molecule has 3 aliphatic heterocycles. The van der Waals surface area contributed by atoms with Crippen LogP contribution in [0.3, 0.4) is 0 Å². The van der Waals surface area contributed by atoms with Crippen LogP contribution >= 0.6 is 0 Å². The Morgan fingerprint density at radius 2 is 1.88 bits per heavy atom. The van der Waals surface area contributed by atoms with Crippen LogP contribution in [0.2, 0.25) is 0 Å². The summed E-state index contributed by atoms with van der Waals surface area (Å²) >= 11 is 0. The second-order valence-corrected chi connectivity index (χ2v) is 9.44. The van der Waals surface area contributed by atoms with Gasteiger partial charge in [0.05, 0.1) is 18.5 Å². The van der Waals surface area contributed by atoms with E-state index in [2.05, 4.69) is 33.4 Å². The third-order valence-corrected chi connectivity index (χ3v) is 7.86. The second kappa shape index (κ2) is 6.11. The van der Waals surface area contributed by atoms with Crippen molar-refractivity contribution in [1.29, 1.82) is 0 Å². The number of aromatic nitrogens is 2. The number of anilines is 1. The van der Waals surface area contributed by atoms with E-state index >= 15 is 4.39 Å². The zero-order valence-corrected chi connectivity index (χ0v) is 18.1. The topological polar surface area (TPSA) is 59.5 Å². The molecule has 2 fully saturated rings. The van der Waals surface area contributed by atoms with Crippen LogP contribution in [0.1, 0.15) is 12.8 Å². The van der Waals surface area contributed by atoms with Crippen molar-refractivity contribution in [2.75, 3.05) is 25.2 Å². The molecule has 0 radical (unpaired) electrons. The highest BCUT2D eigenvalue weighted by atomic mass is 19.1. The van der Waals surface area contributed by atoms with Gasteiger partial charge in [-0.3, -0.25) is 0 Å². The SMILES string of the molecule is COc1nc2c3c(c4c(c(F)c3n1)-c1cccc3cccc-4c13)OCC1C3CCC(CN21)N3. The van der Waals surface area contributed by atoms with Gasteiger partial charge in [-0.2, -0.15) is 9.97 Å². The summed E-state index contributed by atoms with van der Waals surface area (Å²) < 4.78 is 28.4. The Hall–Kier alpha value is -3.45. The standard InChI is InChI=1S/C26H21FN4O2/c1-32-26-29-23-21-24(33-11-17-16-9-8-13(28-16)10-31(17)25(21)30-26)20-15-7-3-5-12-4-2-6-14(18(12)15)19(20)22(23)27/h2-7,13,16-17,28H,8-11H2,1H3. The summed E-state index contributed by atoms with van der Waals surface area (Å²) in [5.41, 5.74) is 3.55. The minimum absolute atomic E-state index is 0.122. The van der Waals surface area contributed by atoms with E-state index in [1.54, 1.807) is 0 Å². The van der Waals surface area contributed by atoms with E-state index < -0.39 is 0 Å². The molecular weight excluding hydrogens is 419 g/mol. The maximum Gasteiger partial charge on any atom is 0.318 e. The van der Waals surface area contributed by atoms with E-state index in [1.807, 2.05) is 18.2 Å². The number of ether oxygens (including phenoxy) is 2. The number of halogens is 1. The van der Waals surface area contributed by atoms with Gasteiger partial charge in [0.25, 0.3) is 0 Å². The molecule has 4 aromatic rings. The fourth-order valence-electron chi connectivity index (χ4n) is 6.48. The Labute approximate surface area is 189 Å². The first kappa shape index (κ1) is 18.0. The monoisotopic (exact) mass is 440 g/mol. The Bertz CT molecular complexity index is 1510. The Kier molecular flexibility index (Phi) is 3.34. The minimum atomic E-state index is -0.338. The van der Waals surface area contributed by atoms with Crippen molar-refractivity contribution in [3.8, 4) is 34.0 Å². The van der Waals surface area contributed by atoms with Gasteiger partial charge < -0.3 is 19.7 Å². The Balaban J connectivity index is 1.52. The highest BCUT2D eigenvalue weighted by Gasteiger charge is 2.45. The summed E-state index contributed by atoms with van der Waals surface area (Å²) in [4.78, 5) is 11.6. The number of hydrogen-bond acceptors (Lipinski definition) is 6. The largest absolute Gasteiger partial charge is 0.490 e. The molecule has 6 nitrogen and oxygen atoms in total. The molecule has 2 saturated heterocycles. The summed E-state index contributed by atoms with van der Waals surface area (Å²) in [6.07, 6.45) is 2.24. The zero-order chi connectivity index (χ0) is 21.8. The number of fused-ring (bicyclic) bond motifs is 9. The molecule has 3 atom stereocenters. The molecule has 3 aromatic carbocycles. The Morgan fingerprint density at radius 3 is 2.70 bits per heavy atom. The number of piperazine rings is 1. The lowest BCUT2D eigenvalue weighted by Crippen LogP contribution is -2.60. The highest BCUT2D eigenvalue weighted by Crippen LogP contribution is 2.56. The van der Waals surface area contributed by atoms with Crippen LogP contribution in [0, 0.1) is 5.82 Å². The maximum atomic E-state index is 16.4. The normalized spacial score (nSPS) is 23.9. The molecular formula is C26H21FN4O2. The molecule has 4 heterocycles. The highest BCUT2D eigenvalue weighted by molar-refractivity contribution is 6.20. The summed E-state index contributed by atoms with van der Waals surface area (Å²) in [5, 5.41) is 6.54.